The molecule has 1 atom stereocenters. The zero-order valence-corrected chi connectivity index (χ0v) is 17.9. The number of rotatable bonds is 8. The summed E-state index contributed by atoms with van der Waals surface area (Å²) in [7, 11) is -3.92. The highest BCUT2D eigenvalue weighted by molar-refractivity contribution is 7.89. The molecule has 0 bridgehead atoms. The van der Waals surface area contributed by atoms with E-state index in [9.17, 15) is 13.2 Å². The Morgan fingerprint density at radius 3 is 2.29 bits per heavy atom. The number of hydrogen-bond acceptors (Lipinski definition) is 4. The molecule has 152 valence electrons. The molecule has 0 spiro atoms. The molecular formula is C20H25ClN2O4S. The molecule has 2 N–H and O–H groups in total. The quantitative estimate of drug-likeness (QED) is 0.666. The molecule has 0 aliphatic heterocycles. The highest BCUT2D eigenvalue weighted by Gasteiger charge is 2.23. The normalized spacial score (nSPS) is 12.6. The molecule has 0 aliphatic rings. The van der Waals surface area contributed by atoms with Crippen molar-refractivity contribution in [3.8, 4) is 5.75 Å². The van der Waals surface area contributed by atoms with Crippen molar-refractivity contribution in [1.29, 1.82) is 0 Å². The summed E-state index contributed by atoms with van der Waals surface area (Å²) in [6.45, 7) is 7.86. The maximum Gasteiger partial charge on any atom is 0.242 e. The summed E-state index contributed by atoms with van der Waals surface area (Å²) in [6, 6.07) is 10.6. The molecule has 8 heteroatoms. The van der Waals surface area contributed by atoms with E-state index >= 15 is 0 Å². The van der Waals surface area contributed by atoms with Crippen molar-refractivity contribution in [2.24, 2.45) is 0 Å². The van der Waals surface area contributed by atoms with E-state index in [1.165, 1.54) is 25.1 Å². The van der Waals surface area contributed by atoms with Crippen molar-refractivity contribution in [3.63, 3.8) is 0 Å². The highest BCUT2D eigenvalue weighted by Crippen LogP contribution is 2.27. The fourth-order valence-electron chi connectivity index (χ4n) is 2.48. The summed E-state index contributed by atoms with van der Waals surface area (Å²) < 4.78 is 32.8. The Balaban J connectivity index is 2.06. The molecule has 0 saturated heterocycles. The highest BCUT2D eigenvalue weighted by atomic mass is 35.5. The number of hydrogen-bond donors (Lipinski definition) is 2. The van der Waals surface area contributed by atoms with Crippen LogP contribution >= 0.6 is 11.6 Å². The zero-order chi connectivity index (χ0) is 20.9. The molecule has 0 unspecified atom stereocenters. The van der Waals surface area contributed by atoms with E-state index in [2.05, 4.69) is 23.9 Å². The molecule has 1 amide bonds. The predicted octanol–water partition coefficient (Wildman–Crippen LogP) is 4.17. The van der Waals surface area contributed by atoms with Crippen LogP contribution in [-0.2, 0) is 14.8 Å². The van der Waals surface area contributed by atoms with Crippen LogP contribution in [-0.4, -0.2) is 27.0 Å². The van der Waals surface area contributed by atoms with Gasteiger partial charge in [-0.25, -0.2) is 8.42 Å². The fraction of sp³-hybridized carbons (Fsp3) is 0.350. The molecule has 0 saturated carbocycles. The summed E-state index contributed by atoms with van der Waals surface area (Å²) in [5.74, 6) is 0.327. The van der Waals surface area contributed by atoms with Crippen LogP contribution in [0, 0.1) is 0 Å². The van der Waals surface area contributed by atoms with Crippen molar-refractivity contribution < 1.29 is 17.9 Å². The summed E-state index contributed by atoms with van der Waals surface area (Å²) >= 11 is 6.06. The maximum absolute atomic E-state index is 12.5. The number of anilines is 1. The monoisotopic (exact) mass is 424 g/mol. The number of nitrogens with one attached hydrogen (secondary N) is 2. The van der Waals surface area contributed by atoms with Gasteiger partial charge in [0.1, 0.15) is 5.75 Å². The third-order valence-corrected chi connectivity index (χ3v) is 5.92. The SMILES string of the molecule is CCOc1ccc(S(=O)(=O)N[C@H](C)C(=O)Nc2ccc(C(C)C)cc2)cc1Cl. The Morgan fingerprint density at radius 1 is 1.11 bits per heavy atom. The first-order valence-electron chi connectivity index (χ1n) is 8.99. The molecule has 0 fully saturated rings. The summed E-state index contributed by atoms with van der Waals surface area (Å²) in [5.41, 5.74) is 1.75. The van der Waals surface area contributed by atoms with Gasteiger partial charge in [0.15, 0.2) is 0 Å². The van der Waals surface area contributed by atoms with Gasteiger partial charge in [-0.05, 0) is 55.7 Å². The molecule has 6 nitrogen and oxygen atoms in total. The van der Waals surface area contributed by atoms with Crippen LogP contribution in [0.15, 0.2) is 47.4 Å². The second-order valence-corrected chi connectivity index (χ2v) is 8.76. The van der Waals surface area contributed by atoms with E-state index < -0.39 is 22.0 Å². The maximum atomic E-state index is 12.5. The zero-order valence-electron chi connectivity index (χ0n) is 16.3. The van der Waals surface area contributed by atoms with Gasteiger partial charge in [0.05, 0.1) is 22.6 Å². The molecule has 2 aromatic carbocycles. The lowest BCUT2D eigenvalue weighted by molar-refractivity contribution is -0.117. The summed E-state index contributed by atoms with van der Waals surface area (Å²) in [5, 5.41) is 2.89. The largest absolute Gasteiger partial charge is 0.492 e. The third-order valence-electron chi connectivity index (χ3n) is 4.08. The Labute approximate surface area is 171 Å². The van der Waals surface area contributed by atoms with Crippen molar-refractivity contribution in [3.05, 3.63) is 53.1 Å². The second kappa shape index (κ2) is 9.41. The van der Waals surface area contributed by atoms with Gasteiger partial charge in [0, 0.05) is 5.69 Å². The number of ether oxygens (including phenoxy) is 1. The Morgan fingerprint density at radius 2 is 1.75 bits per heavy atom. The summed E-state index contributed by atoms with van der Waals surface area (Å²) in [6.07, 6.45) is 0. The topological polar surface area (TPSA) is 84.5 Å². The molecule has 28 heavy (non-hydrogen) atoms. The smallest absolute Gasteiger partial charge is 0.242 e. The lowest BCUT2D eigenvalue weighted by Crippen LogP contribution is -2.41. The van der Waals surface area contributed by atoms with Gasteiger partial charge in [0.2, 0.25) is 15.9 Å². The Kier molecular flexibility index (Phi) is 7.46. The number of amides is 1. The number of carbonyl (C=O) groups excluding carboxylic acids is 1. The minimum absolute atomic E-state index is 0.0399. The molecule has 0 aliphatic carbocycles. The van der Waals surface area contributed by atoms with E-state index in [1.807, 2.05) is 12.1 Å². The lowest BCUT2D eigenvalue weighted by Gasteiger charge is -2.15. The van der Waals surface area contributed by atoms with Crippen molar-refractivity contribution >= 4 is 33.2 Å². The van der Waals surface area contributed by atoms with Gasteiger partial charge in [-0.1, -0.05) is 37.6 Å². The van der Waals surface area contributed by atoms with Crippen molar-refractivity contribution in [1.82, 2.24) is 4.72 Å². The van der Waals surface area contributed by atoms with E-state index in [4.69, 9.17) is 16.3 Å². The van der Waals surface area contributed by atoms with Crippen LogP contribution in [0.3, 0.4) is 0 Å². The average molecular weight is 425 g/mol. The van der Waals surface area contributed by atoms with Crippen LogP contribution < -0.4 is 14.8 Å². The number of carbonyl (C=O) groups is 1. The first-order valence-corrected chi connectivity index (χ1v) is 10.9. The molecule has 0 aromatic heterocycles. The van der Waals surface area contributed by atoms with Crippen LogP contribution in [0.25, 0.3) is 0 Å². The Hall–Kier alpha value is -2.09. The third kappa shape index (κ3) is 5.70. The van der Waals surface area contributed by atoms with Crippen LogP contribution in [0.4, 0.5) is 5.69 Å². The Bertz CT molecular complexity index is 928. The van der Waals surface area contributed by atoms with Crippen molar-refractivity contribution in [2.75, 3.05) is 11.9 Å². The number of benzene rings is 2. The van der Waals surface area contributed by atoms with E-state index in [-0.39, 0.29) is 9.92 Å². The molecule has 0 radical (unpaired) electrons. The average Bonchev–Trinajstić information content (AvgIpc) is 2.63. The van der Waals surface area contributed by atoms with Gasteiger partial charge in [-0.15, -0.1) is 0 Å². The second-order valence-electron chi connectivity index (χ2n) is 6.63. The standard InChI is InChI=1S/C20H25ClN2O4S/c1-5-27-19-11-10-17(12-18(19)21)28(25,26)23-14(4)20(24)22-16-8-6-15(7-9-16)13(2)3/h6-14,23H,5H2,1-4H3,(H,22,24)/t14-/m1/s1. The van der Waals surface area contributed by atoms with E-state index in [1.54, 1.807) is 19.1 Å². The predicted molar refractivity (Wildman–Crippen MR) is 112 cm³/mol. The van der Waals surface area contributed by atoms with Gasteiger partial charge >= 0.3 is 0 Å². The number of halogens is 1. The van der Waals surface area contributed by atoms with Crippen LogP contribution in [0.1, 0.15) is 39.2 Å². The van der Waals surface area contributed by atoms with Crippen molar-refractivity contribution in [2.45, 2.75) is 44.6 Å². The molecule has 0 heterocycles. The molecule has 2 rings (SSSR count). The van der Waals surface area contributed by atoms with Gasteiger partial charge in [-0.3, -0.25) is 4.79 Å². The van der Waals surface area contributed by atoms with Crippen LogP contribution in [0.5, 0.6) is 5.75 Å². The van der Waals surface area contributed by atoms with Gasteiger partial charge in [-0.2, -0.15) is 4.72 Å². The van der Waals surface area contributed by atoms with E-state index in [0.29, 0.717) is 24.0 Å². The minimum Gasteiger partial charge on any atom is -0.492 e. The molecular weight excluding hydrogens is 400 g/mol. The number of sulfonamides is 1. The van der Waals surface area contributed by atoms with E-state index in [0.717, 1.165) is 5.56 Å². The first kappa shape index (κ1) is 22.2. The summed E-state index contributed by atoms with van der Waals surface area (Å²) in [4.78, 5) is 12.3. The first-order chi connectivity index (χ1) is 13.1. The molecule has 2 aromatic rings. The minimum atomic E-state index is -3.92. The van der Waals surface area contributed by atoms with Gasteiger partial charge in [0.25, 0.3) is 0 Å². The van der Waals surface area contributed by atoms with Crippen LogP contribution in [0.2, 0.25) is 5.02 Å². The van der Waals surface area contributed by atoms with Gasteiger partial charge < -0.3 is 10.1 Å². The lowest BCUT2D eigenvalue weighted by atomic mass is 10.0. The fourth-order valence-corrected chi connectivity index (χ4v) is 4.01.